The van der Waals surface area contributed by atoms with E-state index in [0.717, 1.165) is 30.4 Å². The molecule has 0 bridgehead atoms. The van der Waals surface area contributed by atoms with Crippen molar-refractivity contribution >= 4 is 16.0 Å². The van der Waals surface area contributed by atoms with Crippen molar-refractivity contribution in [1.82, 2.24) is 4.31 Å². The third-order valence-corrected chi connectivity index (χ3v) is 6.11. The van der Waals surface area contributed by atoms with Crippen molar-refractivity contribution in [3.8, 4) is 0 Å². The van der Waals surface area contributed by atoms with Crippen LogP contribution in [0.3, 0.4) is 0 Å². The highest BCUT2D eigenvalue weighted by atomic mass is 32.2. The topological polar surface area (TPSA) is 74.7 Å². The van der Waals surface area contributed by atoms with Crippen molar-refractivity contribution in [2.24, 2.45) is 0 Å². The van der Waals surface area contributed by atoms with Crippen LogP contribution in [-0.2, 0) is 22.9 Å². The average molecular weight is 311 g/mol. The molecule has 0 fully saturated rings. The lowest BCUT2D eigenvalue weighted by atomic mass is 9.90. The molecule has 1 aromatic carbocycles. The van der Waals surface area contributed by atoms with Crippen LogP contribution in [0.4, 0.5) is 0 Å². The van der Waals surface area contributed by atoms with Gasteiger partial charge in [0.1, 0.15) is 0 Å². The first-order valence-electron chi connectivity index (χ1n) is 7.31. The molecular weight excluding hydrogens is 290 g/mol. The van der Waals surface area contributed by atoms with E-state index in [9.17, 15) is 18.3 Å². The maximum Gasteiger partial charge on any atom is 0.335 e. The number of sulfonamides is 1. The highest BCUT2D eigenvalue weighted by molar-refractivity contribution is 7.89. The Morgan fingerprint density at radius 2 is 1.81 bits per heavy atom. The number of fused-ring (bicyclic) bond motifs is 1. The van der Waals surface area contributed by atoms with Crippen LogP contribution in [0.5, 0.6) is 0 Å². The van der Waals surface area contributed by atoms with E-state index in [2.05, 4.69) is 0 Å². The van der Waals surface area contributed by atoms with Crippen molar-refractivity contribution in [3.05, 3.63) is 28.8 Å². The molecule has 1 N–H and O–H groups in total. The van der Waals surface area contributed by atoms with E-state index in [0.29, 0.717) is 19.5 Å². The molecular formula is C15H21NO4S. The summed E-state index contributed by atoms with van der Waals surface area (Å²) in [6.07, 6.45) is 3.36. The molecule has 0 saturated carbocycles. The van der Waals surface area contributed by atoms with Crippen LogP contribution in [0.2, 0.25) is 0 Å². The van der Waals surface area contributed by atoms with Crippen LogP contribution in [0, 0.1) is 0 Å². The number of hydrogen-bond acceptors (Lipinski definition) is 3. The highest BCUT2D eigenvalue weighted by Gasteiger charge is 2.28. The summed E-state index contributed by atoms with van der Waals surface area (Å²) in [4.78, 5) is 11.4. The Balaban J connectivity index is 2.66. The summed E-state index contributed by atoms with van der Waals surface area (Å²) >= 11 is 0. The number of aromatic carboxylic acids is 1. The van der Waals surface area contributed by atoms with E-state index < -0.39 is 16.0 Å². The first kappa shape index (κ1) is 16.0. The van der Waals surface area contributed by atoms with Gasteiger partial charge in [0.05, 0.1) is 10.5 Å². The van der Waals surface area contributed by atoms with Gasteiger partial charge in [-0.05, 0) is 48.9 Å². The van der Waals surface area contributed by atoms with Crippen LogP contribution in [0.1, 0.15) is 48.2 Å². The van der Waals surface area contributed by atoms with E-state index >= 15 is 0 Å². The van der Waals surface area contributed by atoms with Crippen molar-refractivity contribution in [2.45, 2.75) is 44.4 Å². The van der Waals surface area contributed by atoms with E-state index in [1.54, 1.807) is 19.9 Å². The van der Waals surface area contributed by atoms with Gasteiger partial charge in [-0.15, -0.1) is 0 Å². The molecule has 116 valence electrons. The molecule has 0 radical (unpaired) electrons. The average Bonchev–Trinajstić information content (AvgIpc) is 2.46. The molecule has 0 spiro atoms. The second-order valence-electron chi connectivity index (χ2n) is 5.21. The second kappa shape index (κ2) is 6.15. The van der Waals surface area contributed by atoms with Gasteiger partial charge in [-0.1, -0.05) is 13.8 Å². The largest absolute Gasteiger partial charge is 0.478 e. The molecule has 0 amide bonds. The fraction of sp³-hybridized carbons (Fsp3) is 0.533. The molecule has 1 aromatic rings. The lowest BCUT2D eigenvalue weighted by Crippen LogP contribution is -2.32. The molecule has 0 saturated heterocycles. The number of carbonyl (C=O) groups is 1. The lowest BCUT2D eigenvalue weighted by molar-refractivity contribution is 0.0696. The van der Waals surface area contributed by atoms with Crippen molar-refractivity contribution in [2.75, 3.05) is 13.1 Å². The Bertz CT molecular complexity index is 648. The zero-order chi connectivity index (χ0) is 15.6. The van der Waals surface area contributed by atoms with Gasteiger partial charge in [0.15, 0.2) is 0 Å². The maximum absolute atomic E-state index is 12.8. The van der Waals surface area contributed by atoms with Crippen LogP contribution in [0.25, 0.3) is 0 Å². The Morgan fingerprint density at radius 3 is 2.38 bits per heavy atom. The monoisotopic (exact) mass is 311 g/mol. The van der Waals surface area contributed by atoms with Crippen LogP contribution in [0.15, 0.2) is 17.0 Å². The fourth-order valence-electron chi connectivity index (χ4n) is 2.88. The number of nitrogens with zero attached hydrogens (tertiary/aromatic N) is 1. The quantitative estimate of drug-likeness (QED) is 0.905. The standard InChI is InChI=1S/C15H21NO4S/c1-3-16(4-2)21(19,20)14-10-12(15(17)18)9-11-7-5-6-8-13(11)14/h9-10H,3-8H2,1-2H3,(H,17,18). The summed E-state index contributed by atoms with van der Waals surface area (Å²) in [7, 11) is -3.63. The zero-order valence-electron chi connectivity index (χ0n) is 12.4. The van der Waals surface area contributed by atoms with Crippen LogP contribution >= 0.6 is 0 Å². The van der Waals surface area contributed by atoms with Gasteiger partial charge in [0.25, 0.3) is 0 Å². The van der Waals surface area contributed by atoms with E-state index in [1.807, 2.05) is 0 Å². The molecule has 0 atom stereocenters. The number of rotatable bonds is 5. The molecule has 1 aliphatic carbocycles. The fourth-order valence-corrected chi connectivity index (χ4v) is 4.66. The summed E-state index contributed by atoms with van der Waals surface area (Å²) in [6, 6.07) is 2.94. The lowest BCUT2D eigenvalue weighted by Gasteiger charge is -2.24. The number of hydrogen-bond donors (Lipinski definition) is 1. The van der Waals surface area contributed by atoms with Crippen LogP contribution < -0.4 is 0 Å². The summed E-state index contributed by atoms with van der Waals surface area (Å²) in [5, 5.41) is 9.22. The van der Waals surface area contributed by atoms with Gasteiger partial charge in [-0.25, -0.2) is 13.2 Å². The molecule has 0 aromatic heterocycles. The predicted octanol–water partition coefficient (Wildman–Crippen LogP) is 2.29. The zero-order valence-corrected chi connectivity index (χ0v) is 13.2. The Morgan fingerprint density at radius 1 is 1.19 bits per heavy atom. The van der Waals surface area contributed by atoms with E-state index in [4.69, 9.17) is 0 Å². The molecule has 21 heavy (non-hydrogen) atoms. The van der Waals surface area contributed by atoms with Crippen molar-refractivity contribution in [1.29, 1.82) is 0 Å². The minimum absolute atomic E-state index is 0.0568. The molecule has 5 nitrogen and oxygen atoms in total. The van der Waals surface area contributed by atoms with Crippen molar-refractivity contribution in [3.63, 3.8) is 0 Å². The molecule has 0 heterocycles. The highest BCUT2D eigenvalue weighted by Crippen LogP contribution is 2.31. The summed E-state index contributed by atoms with van der Waals surface area (Å²) in [6.45, 7) is 4.33. The molecule has 1 aliphatic rings. The molecule has 6 heteroatoms. The first-order valence-corrected chi connectivity index (χ1v) is 8.75. The normalized spacial score (nSPS) is 15.0. The Kier molecular flexibility index (Phi) is 4.68. The molecule has 2 rings (SSSR count). The third-order valence-electron chi connectivity index (χ3n) is 3.99. The number of benzene rings is 1. The summed E-state index contributed by atoms with van der Waals surface area (Å²) < 4.78 is 26.9. The van der Waals surface area contributed by atoms with Gasteiger partial charge >= 0.3 is 5.97 Å². The number of carboxylic acids is 1. The smallest absolute Gasteiger partial charge is 0.335 e. The summed E-state index contributed by atoms with van der Waals surface area (Å²) in [5.41, 5.74) is 1.73. The van der Waals surface area contributed by atoms with Gasteiger partial charge in [-0.2, -0.15) is 4.31 Å². The number of carboxylic acid groups (broad SMARTS) is 1. The first-order chi connectivity index (χ1) is 9.91. The third kappa shape index (κ3) is 2.96. The predicted molar refractivity (Wildman–Crippen MR) is 80.2 cm³/mol. The Hall–Kier alpha value is -1.40. The molecule has 0 aliphatic heterocycles. The number of aryl methyl sites for hydroxylation is 1. The van der Waals surface area contributed by atoms with Gasteiger partial charge in [0, 0.05) is 13.1 Å². The van der Waals surface area contributed by atoms with E-state index in [1.165, 1.54) is 10.4 Å². The van der Waals surface area contributed by atoms with E-state index in [-0.39, 0.29) is 10.5 Å². The minimum Gasteiger partial charge on any atom is -0.478 e. The van der Waals surface area contributed by atoms with Gasteiger partial charge in [-0.3, -0.25) is 0 Å². The SMILES string of the molecule is CCN(CC)S(=O)(=O)c1cc(C(=O)O)cc2c1CCCC2. The second-order valence-corrected chi connectivity index (χ2v) is 7.12. The van der Waals surface area contributed by atoms with Gasteiger partial charge < -0.3 is 5.11 Å². The maximum atomic E-state index is 12.8. The minimum atomic E-state index is -3.63. The molecule has 0 unspecified atom stereocenters. The van der Waals surface area contributed by atoms with Crippen molar-refractivity contribution < 1.29 is 18.3 Å². The van der Waals surface area contributed by atoms with Crippen LogP contribution in [-0.4, -0.2) is 36.9 Å². The Labute approximate surface area is 125 Å². The summed E-state index contributed by atoms with van der Waals surface area (Å²) in [5.74, 6) is -1.08. The van der Waals surface area contributed by atoms with Gasteiger partial charge in [0.2, 0.25) is 10.0 Å².